The summed E-state index contributed by atoms with van der Waals surface area (Å²) >= 11 is 0. The molecule has 0 spiro atoms. The quantitative estimate of drug-likeness (QED) is 0.383. The fraction of sp³-hybridized carbons (Fsp3) is 0.200. The molecule has 0 atom stereocenters. The molecule has 3 nitrogen and oxygen atoms in total. The Bertz CT molecular complexity index is 700. The van der Waals surface area contributed by atoms with Crippen molar-refractivity contribution in [1.29, 1.82) is 0 Å². The Hall–Kier alpha value is -2.68. The van der Waals surface area contributed by atoms with Crippen LogP contribution in [-0.2, 0) is 6.54 Å². The standard InChI is InChI=1S/C20H22N2O/c1-4-22(15-18-8-6-5-7-9-18)17(3)21-14-20(23)19-12-10-16(2)11-13-19/h4-13H,1,14-15H2,2-3H3/p+1. The molecule has 2 rings (SSSR count). The Labute approximate surface area is 138 Å². The molecule has 3 heteroatoms. The number of aryl methyl sites for hydroxylation is 1. The number of amidine groups is 1. The third kappa shape index (κ3) is 4.92. The molecule has 0 aromatic heterocycles. The first-order chi connectivity index (χ1) is 11.1. The summed E-state index contributed by atoms with van der Waals surface area (Å²) in [6.45, 7) is 8.81. The SMILES string of the molecule is C=C[N+](Cc1ccccc1)=C(C)NCC(=O)c1ccc(C)cc1. The molecule has 0 bridgehead atoms. The highest BCUT2D eigenvalue weighted by atomic mass is 16.1. The van der Waals surface area contributed by atoms with E-state index in [4.69, 9.17) is 0 Å². The normalized spacial score (nSPS) is 11.6. The highest BCUT2D eigenvalue weighted by Gasteiger charge is 2.11. The Balaban J connectivity index is 2.00. The first kappa shape index (κ1) is 16.7. The predicted molar refractivity (Wildman–Crippen MR) is 94.8 cm³/mol. The van der Waals surface area contributed by atoms with E-state index in [0.29, 0.717) is 0 Å². The van der Waals surface area contributed by atoms with E-state index in [1.807, 2.05) is 60.9 Å². The number of carbonyl (C=O) groups excluding carboxylic acids is 1. The van der Waals surface area contributed by atoms with Gasteiger partial charge in [-0.05, 0) is 12.5 Å². The lowest BCUT2D eigenvalue weighted by molar-refractivity contribution is -0.476. The summed E-state index contributed by atoms with van der Waals surface area (Å²) in [7, 11) is 0. The molecule has 0 amide bonds. The summed E-state index contributed by atoms with van der Waals surface area (Å²) in [6, 6.07) is 17.8. The Morgan fingerprint density at radius 2 is 1.78 bits per heavy atom. The lowest BCUT2D eigenvalue weighted by Crippen LogP contribution is -2.33. The summed E-state index contributed by atoms with van der Waals surface area (Å²) in [6.07, 6.45) is 1.77. The number of ketones is 1. The maximum Gasteiger partial charge on any atom is 0.246 e. The van der Waals surface area contributed by atoms with Gasteiger partial charge in [-0.2, -0.15) is 0 Å². The second kappa shape index (κ2) is 8.08. The van der Waals surface area contributed by atoms with Crippen LogP contribution in [0.2, 0.25) is 0 Å². The third-order valence-electron chi connectivity index (χ3n) is 3.73. The van der Waals surface area contributed by atoms with Crippen molar-refractivity contribution in [2.75, 3.05) is 6.54 Å². The van der Waals surface area contributed by atoms with Crippen LogP contribution in [0.1, 0.15) is 28.4 Å². The molecule has 1 N–H and O–H groups in total. The Morgan fingerprint density at radius 1 is 1.13 bits per heavy atom. The first-order valence-electron chi connectivity index (χ1n) is 7.70. The van der Waals surface area contributed by atoms with Gasteiger partial charge in [0.15, 0.2) is 0 Å². The van der Waals surface area contributed by atoms with Crippen LogP contribution in [0.3, 0.4) is 0 Å². The minimum atomic E-state index is 0.0769. The van der Waals surface area contributed by atoms with Gasteiger partial charge in [0.25, 0.3) is 0 Å². The number of hydrogen-bond donors (Lipinski definition) is 1. The molecule has 2 aromatic carbocycles. The van der Waals surface area contributed by atoms with Gasteiger partial charge in [-0.15, -0.1) is 0 Å². The summed E-state index contributed by atoms with van der Waals surface area (Å²) in [5.41, 5.74) is 3.07. The largest absolute Gasteiger partial charge is 0.290 e. The summed E-state index contributed by atoms with van der Waals surface area (Å²) < 4.78 is 2.00. The van der Waals surface area contributed by atoms with Crippen molar-refractivity contribution < 1.29 is 9.37 Å². The summed E-state index contributed by atoms with van der Waals surface area (Å²) in [5.74, 6) is 0.984. The Morgan fingerprint density at radius 3 is 2.39 bits per heavy atom. The van der Waals surface area contributed by atoms with E-state index in [2.05, 4.69) is 24.0 Å². The highest BCUT2D eigenvalue weighted by molar-refractivity contribution is 5.99. The Kier molecular flexibility index (Phi) is 5.87. The average Bonchev–Trinajstić information content (AvgIpc) is 2.58. The van der Waals surface area contributed by atoms with Gasteiger partial charge in [0.1, 0.15) is 13.1 Å². The summed E-state index contributed by atoms with van der Waals surface area (Å²) in [5, 5.41) is 3.19. The number of nitrogens with zero attached hydrogens (tertiary/aromatic N) is 1. The number of carbonyl (C=O) groups is 1. The van der Waals surface area contributed by atoms with E-state index in [0.717, 1.165) is 23.5 Å². The molecule has 23 heavy (non-hydrogen) atoms. The van der Waals surface area contributed by atoms with E-state index in [-0.39, 0.29) is 12.3 Å². The van der Waals surface area contributed by atoms with E-state index >= 15 is 0 Å². The minimum absolute atomic E-state index is 0.0769. The van der Waals surface area contributed by atoms with Crippen molar-refractivity contribution in [2.24, 2.45) is 0 Å². The van der Waals surface area contributed by atoms with Gasteiger partial charge in [0.05, 0.1) is 6.20 Å². The molecule has 0 heterocycles. The van der Waals surface area contributed by atoms with Crippen LogP contribution in [0, 0.1) is 6.92 Å². The van der Waals surface area contributed by atoms with Gasteiger partial charge < -0.3 is 0 Å². The van der Waals surface area contributed by atoms with E-state index < -0.39 is 0 Å². The molecule has 118 valence electrons. The number of benzene rings is 2. The molecule has 0 fully saturated rings. The molecule has 0 saturated heterocycles. The van der Waals surface area contributed by atoms with Gasteiger partial charge in [0.2, 0.25) is 11.6 Å². The monoisotopic (exact) mass is 307 g/mol. The highest BCUT2D eigenvalue weighted by Crippen LogP contribution is 2.04. The molecule has 2 aromatic rings. The zero-order valence-corrected chi connectivity index (χ0v) is 13.8. The summed E-state index contributed by atoms with van der Waals surface area (Å²) in [4.78, 5) is 12.2. The fourth-order valence-electron chi connectivity index (χ4n) is 2.25. The van der Waals surface area contributed by atoms with Crippen molar-refractivity contribution in [1.82, 2.24) is 5.32 Å². The van der Waals surface area contributed by atoms with E-state index in [9.17, 15) is 4.79 Å². The smallest absolute Gasteiger partial charge is 0.246 e. The van der Waals surface area contributed by atoms with Crippen molar-refractivity contribution in [2.45, 2.75) is 20.4 Å². The van der Waals surface area contributed by atoms with Gasteiger partial charge in [0, 0.05) is 12.5 Å². The second-order valence-corrected chi connectivity index (χ2v) is 5.52. The van der Waals surface area contributed by atoms with Gasteiger partial charge in [-0.3, -0.25) is 10.1 Å². The number of nitrogens with one attached hydrogen (secondary N) is 1. The van der Waals surface area contributed by atoms with Crippen LogP contribution in [-0.4, -0.2) is 22.7 Å². The maximum absolute atomic E-state index is 12.2. The van der Waals surface area contributed by atoms with Crippen molar-refractivity contribution in [3.8, 4) is 0 Å². The lowest BCUT2D eigenvalue weighted by Gasteiger charge is -2.07. The van der Waals surface area contributed by atoms with E-state index in [1.165, 1.54) is 5.56 Å². The molecule has 0 aliphatic heterocycles. The van der Waals surface area contributed by atoms with Gasteiger partial charge >= 0.3 is 0 Å². The third-order valence-corrected chi connectivity index (χ3v) is 3.73. The van der Waals surface area contributed by atoms with Crippen molar-refractivity contribution in [3.63, 3.8) is 0 Å². The first-order valence-corrected chi connectivity index (χ1v) is 7.70. The van der Waals surface area contributed by atoms with Crippen molar-refractivity contribution >= 4 is 11.6 Å². The molecular formula is C20H23N2O+. The van der Waals surface area contributed by atoms with Crippen LogP contribution in [0.25, 0.3) is 0 Å². The average molecular weight is 307 g/mol. The maximum atomic E-state index is 12.2. The van der Waals surface area contributed by atoms with Crippen LogP contribution in [0.5, 0.6) is 0 Å². The molecule has 0 aliphatic rings. The molecule has 0 radical (unpaired) electrons. The second-order valence-electron chi connectivity index (χ2n) is 5.52. The zero-order valence-electron chi connectivity index (χ0n) is 13.8. The molecular weight excluding hydrogens is 284 g/mol. The molecule has 0 saturated carbocycles. The number of hydrogen-bond acceptors (Lipinski definition) is 1. The molecule has 0 aliphatic carbocycles. The number of rotatable bonds is 6. The van der Waals surface area contributed by atoms with Crippen LogP contribution >= 0.6 is 0 Å². The fourth-order valence-corrected chi connectivity index (χ4v) is 2.25. The van der Waals surface area contributed by atoms with Crippen LogP contribution < -0.4 is 5.32 Å². The lowest BCUT2D eigenvalue weighted by atomic mass is 10.1. The molecule has 0 unspecified atom stereocenters. The van der Waals surface area contributed by atoms with Gasteiger partial charge in [-0.1, -0.05) is 66.7 Å². The van der Waals surface area contributed by atoms with E-state index in [1.54, 1.807) is 6.20 Å². The predicted octanol–water partition coefficient (Wildman–Crippen LogP) is 3.54. The minimum Gasteiger partial charge on any atom is -0.290 e. The van der Waals surface area contributed by atoms with Crippen LogP contribution in [0.4, 0.5) is 0 Å². The topological polar surface area (TPSA) is 32.1 Å². The zero-order chi connectivity index (χ0) is 16.7. The van der Waals surface area contributed by atoms with Crippen molar-refractivity contribution in [3.05, 3.63) is 84.1 Å². The van der Waals surface area contributed by atoms with Gasteiger partial charge in [-0.25, -0.2) is 4.58 Å². The number of Topliss-reactive ketones (excluding diaryl/α,β-unsaturated/α-hetero) is 1. The van der Waals surface area contributed by atoms with Crippen LogP contribution in [0.15, 0.2) is 67.4 Å².